The van der Waals surface area contributed by atoms with Crippen molar-refractivity contribution in [2.75, 3.05) is 6.61 Å². The van der Waals surface area contributed by atoms with E-state index < -0.39 is 16.6 Å². The van der Waals surface area contributed by atoms with E-state index in [0.29, 0.717) is 29.3 Å². The molecule has 1 aliphatic rings. The molecule has 0 N–H and O–H groups in total. The van der Waals surface area contributed by atoms with Gasteiger partial charge in [0, 0.05) is 11.3 Å². The van der Waals surface area contributed by atoms with Gasteiger partial charge in [-0.05, 0) is 42.6 Å². The van der Waals surface area contributed by atoms with Crippen LogP contribution >= 0.6 is 23.2 Å². The number of carbonyl (C=O) groups is 1. The topological polar surface area (TPSA) is 52.1 Å². The number of hydrogen-bond acceptors (Lipinski definition) is 4. The highest BCUT2D eigenvalue weighted by atomic mass is 35.5. The standard InChI is InChI=1S/C17H15Cl2FN2O2/c1-10-21-8-15(14(7-18)22-10)24-9-17(6-13(17)16(19)23)11-3-2-4-12(20)5-11/h2-5,8,13H,6-7,9H2,1H3/t13-,17+/m0/s1. The molecule has 1 heterocycles. The quantitative estimate of drug-likeness (QED) is 0.575. The molecule has 2 atom stereocenters. The lowest BCUT2D eigenvalue weighted by atomic mass is 9.94. The lowest BCUT2D eigenvalue weighted by Gasteiger charge is -2.19. The van der Waals surface area contributed by atoms with Crippen LogP contribution in [-0.4, -0.2) is 21.8 Å². The molecule has 1 aromatic carbocycles. The van der Waals surface area contributed by atoms with Crippen LogP contribution in [0.5, 0.6) is 5.75 Å². The highest BCUT2D eigenvalue weighted by molar-refractivity contribution is 6.64. The van der Waals surface area contributed by atoms with E-state index in [1.165, 1.54) is 12.1 Å². The van der Waals surface area contributed by atoms with E-state index in [-0.39, 0.29) is 18.3 Å². The highest BCUT2D eigenvalue weighted by Gasteiger charge is 2.59. The molecule has 1 saturated carbocycles. The number of halogens is 3. The molecule has 0 aliphatic heterocycles. The van der Waals surface area contributed by atoms with Crippen molar-refractivity contribution in [3.63, 3.8) is 0 Å². The summed E-state index contributed by atoms with van der Waals surface area (Å²) in [6.07, 6.45) is 2.07. The van der Waals surface area contributed by atoms with E-state index in [1.54, 1.807) is 25.3 Å². The number of aromatic nitrogens is 2. The molecule has 24 heavy (non-hydrogen) atoms. The summed E-state index contributed by atoms with van der Waals surface area (Å²) in [6, 6.07) is 6.16. The first-order valence-electron chi connectivity index (χ1n) is 7.43. The van der Waals surface area contributed by atoms with Gasteiger partial charge in [-0.25, -0.2) is 14.4 Å². The Morgan fingerprint density at radius 3 is 2.92 bits per heavy atom. The Hall–Kier alpha value is -1.72. The van der Waals surface area contributed by atoms with Crippen molar-refractivity contribution in [3.05, 3.63) is 53.4 Å². The lowest BCUT2D eigenvalue weighted by Crippen LogP contribution is -2.23. The van der Waals surface area contributed by atoms with Gasteiger partial charge in [-0.3, -0.25) is 4.79 Å². The molecule has 0 amide bonds. The second-order valence-corrected chi connectivity index (χ2v) is 6.52. The normalized spacial score (nSPS) is 22.2. The Morgan fingerprint density at radius 1 is 1.50 bits per heavy atom. The number of alkyl halides is 1. The van der Waals surface area contributed by atoms with Crippen molar-refractivity contribution in [1.29, 1.82) is 0 Å². The molecule has 1 fully saturated rings. The van der Waals surface area contributed by atoms with E-state index in [9.17, 15) is 9.18 Å². The summed E-state index contributed by atoms with van der Waals surface area (Å²) in [6.45, 7) is 1.94. The Kier molecular flexibility index (Phi) is 4.74. The van der Waals surface area contributed by atoms with Crippen molar-refractivity contribution < 1.29 is 13.9 Å². The molecule has 7 heteroatoms. The van der Waals surface area contributed by atoms with Crippen LogP contribution in [0.4, 0.5) is 4.39 Å². The van der Waals surface area contributed by atoms with Crippen molar-refractivity contribution in [2.24, 2.45) is 5.92 Å². The molecular weight excluding hydrogens is 354 g/mol. The van der Waals surface area contributed by atoms with E-state index in [2.05, 4.69) is 9.97 Å². The van der Waals surface area contributed by atoms with E-state index >= 15 is 0 Å². The molecule has 2 aromatic rings. The van der Waals surface area contributed by atoms with E-state index in [4.69, 9.17) is 27.9 Å². The van der Waals surface area contributed by atoms with Crippen LogP contribution in [0.2, 0.25) is 0 Å². The molecule has 1 aliphatic carbocycles. The third-order valence-corrected chi connectivity index (χ3v) is 4.83. The molecule has 0 spiro atoms. The monoisotopic (exact) mass is 368 g/mol. The zero-order valence-corrected chi connectivity index (χ0v) is 14.4. The van der Waals surface area contributed by atoms with Gasteiger partial charge in [-0.1, -0.05) is 12.1 Å². The number of hydrogen-bond donors (Lipinski definition) is 0. The predicted octanol–water partition coefficient (Wildman–Crippen LogP) is 3.77. The Bertz CT molecular complexity index is 787. The molecule has 1 aromatic heterocycles. The van der Waals surface area contributed by atoms with Gasteiger partial charge in [0.25, 0.3) is 0 Å². The van der Waals surface area contributed by atoms with Gasteiger partial charge >= 0.3 is 0 Å². The summed E-state index contributed by atoms with van der Waals surface area (Å²) in [7, 11) is 0. The molecule has 126 valence electrons. The van der Waals surface area contributed by atoms with Gasteiger partial charge < -0.3 is 4.74 Å². The second-order valence-electron chi connectivity index (χ2n) is 5.88. The number of carbonyl (C=O) groups excluding carboxylic acids is 1. The fourth-order valence-electron chi connectivity index (χ4n) is 2.89. The second kappa shape index (κ2) is 6.65. The van der Waals surface area contributed by atoms with Crippen molar-refractivity contribution in [1.82, 2.24) is 9.97 Å². The largest absolute Gasteiger partial charge is 0.489 e. The fraction of sp³-hybridized carbons (Fsp3) is 0.353. The van der Waals surface area contributed by atoms with Gasteiger partial charge in [0.2, 0.25) is 5.24 Å². The number of nitrogens with zero attached hydrogens (tertiary/aromatic N) is 2. The minimum atomic E-state index is -0.630. The lowest BCUT2D eigenvalue weighted by molar-refractivity contribution is -0.113. The summed E-state index contributed by atoms with van der Waals surface area (Å²) in [5.74, 6) is 0.479. The summed E-state index contributed by atoms with van der Waals surface area (Å²) in [5, 5.41) is -0.444. The first kappa shape index (κ1) is 17.1. The van der Waals surface area contributed by atoms with Crippen LogP contribution < -0.4 is 4.74 Å². The first-order chi connectivity index (χ1) is 11.5. The number of ether oxygens (including phenoxy) is 1. The van der Waals surface area contributed by atoms with E-state index in [0.717, 1.165) is 0 Å². The Morgan fingerprint density at radius 2 is 2.29 bits per heavy atom. The van der Waals surface area contributed by atoms with Crippen molar-refractivity contribution in [3.8, 4) is 5.75 Å². The third kappa shape index (κ3) is 3.23. The summed E-state index contributed by atoms with van der Waals surface area (Å²) in [4.78, 5) is 20.0. The summed E-state index contributed by atoms with van der Waals surface area (Å²) >= 11 is 11.6. The van der Waals surface area contributed by atoms with Crippen LogP contribution in [-0.2, 0) is 16.1 Å². The predicted molar refractivity (Wildman–Crippen MR) is 88.9 cm³/mol. The fourth-order valence-corrected chi connectivity index (χ4v) is 3.37. The molecule has 3 rings (SSSR count). The Labute approximate surface area is 149 Å². The van der Waals surface area contributed by atoms with Gasteiger partial charge in [0.1, 0.15) is 17.3 Å². The number of rotatable bonds is 6. The van der Waals surface area contributed by atoms with Crippen LogP contribution in [0.25, 0.3) is 0 Å². The number of benzene rings is 1. The third-order valence-electron chi connectivity index (χ3n) is 4.31. The first-order valence-corrected chi connectivity index (χ1v) is 8.34. The van der Waals surface area contributed by atoms with Crippen LogP contribution in [0.1, 0.15) is 23.5 Å². The molecule has 0 saturated heterocycles. The van der Waals surface area contributed by atoms with Crippen LogP contribution in [0, 0.1) is 18.7 Å². The Balaban J connectivity index is 1.86. The smallest absolute Gasteiger partial charge is 0.225 e. The number of aryl methyl sites for hydroxylation is 1. The maximum atomic E-state index is 13.6. The minimum Gasteiger partial charge on any atom is -0.489 e. The van der Waals surface area contributed by atoms with E-state index in [1.807, 2.05) is 0 Å². The van der Waals surface area contributed by atoms with Crippen molar-refractivity contribution in [2.45, 2.75) is 24.6 Å². The molecular formula is C17H15Cl2FN2O2. The highest BCUT2D eigenvalue weighted by Crippen LogP contribution is 2.55. The van der Waals surface area contributed by atoms with Gasteiger partial charge in [-0.15, -0.1) is 11.6 Å². The van der Waals surface area contributed by atoms with Crippen LogP contribution in [0.3, 0.4) is 0 Å². The molecule has 0 bridgehead atoms. The molecule has 4 nitrogen and oxygen atoms in total. The average molecular weight is 369 g/mol. The summed E-state index contributed by atoms with van der Waals surface area (Å²) < 4.78 is 19.4. The molecule has 0 radical (unpaired) electrons. The van der Waals surface area contributed by atoms with Crippen molar-refractivity contribution >= 4 is 28.4 Å². The van der Waals surface area contributed by atoms with Gasteiger partial charge in [-0.2, -0.15) is 0 Å². The average Bonchev–Trinajstić information content (AvgIpc) is 3.30. The van der Waals surface area contributed by atoms with Gasteiger partial charge in [0.05, 0.1) is 18.7 Å². The zero-order valence-electron chi connectivity index (χ0n) is 12.9. The van der Waals surface area contributed by atoms with Crippen LogP contribution in [0.15, 0.2) is 30.5 Å². The maximum Gasteiger partial charge on any atom is 0.225 e. The maximum absolute atomic E-state index is 13.6. The molecule has 0 unspecified atom stereocenters. The zero-order chi connectivity index (χ0) is 17.3. The summed E-state index contributed by atoms with van der Waals surface area (Å²) in [5.41, 5.74) is 0.644. The minimum absolute atomic E-state index is 0.176. The van der Waals surface area contributed by atoms with Gasteiger partial charge in [0.15, 0.2) is 5.75 Å². The SMILES string of the molecule is Cc1ncc(OC[C@@]2(c3cccc(F)c3)C[C@H]2C(=O)Cl)c(CCl)n1.